The van der Waals surface area contributed by atoms with Crippen molar-refractivity contribution in [3.05, 3.63) is 65.4 Å². The molecule has 0 bridgehead atoms. The fourth-order valence-corrected chi connectivity index (χ4v) is 4.18. The summed E-state index contributed by atoms with van der Waals surface area (Å²) in [5, 5.41) is 22.4. The highest BCUT2D eigenvalue weighted by Crippen LogP contribution is 2.26. The predicted octanol–water partition coefficient (Wildman–Crippen LogP) is 4.12. The summed E-state index contributed by atoms with van der Waals surface area (Å²) in [7, 11) is 0. The molecule has 7 nitrogen and oxygen atoms in total. The van der Waals surface area contributed by atoms with Gasteiger partial charge in [0.05, 0.1) is 23.9 Å². The van der Waals surface area contributed by atoms with Gasteiger partial charge in [0.25, 0.3) is 0 Å². The van der Waals surface area contributed by atoms with Crippen LogP contribution in [0.15, 0.2) is 53.8 Å². The zero-order valence-corrected chi connectivity index (χ0v) is 17.6. The van der Waals surface area contributed by atoms with Gasteiger partial charge in [-0.2, -0.15) is 9.94 Å². The number of carbonyl (C=O) groups excluding carboxylic acids is 1. The Morgan fingerprint density at radius 3 is 2.83 bits per heavy atom. The first-order valence-electron chi connectivity index (χ1n) is 9.56. The molecule has 2 aromatic carbocycles. The van der Waals surface area contributed by atoms with Crippen molar-refractivity contribution in [1.82, 2.24) is 24.8 Å². The molecule has 0 saturated heterocycles. The molecular weight excluding hydrogens is 396 g/mol. The Morgan fingerprint density at radius 2 is 2.00 bits per heavy atom. The zero-order chi connectivity index (χ0) is 21.1. The molecule has 4 aromatic rings. The highest BCUT2D eigenvalue weighted by atomic mass is 32.2. The maximum atomic E-state index is 13.0. The number of para-hydroxylation sites is 1. The number of thioether (sulfide) groups is 1. The molecular formula is C22H20N6OS. The van der Waals surface area contributed by atoms with E-state index >= 15 is 0 Å². The topological polar surface area (TPSA) is 89.4 Å². The van der Waals surface area contributed by atoms with E-state index in [9.17, 15) is 4.79 Å². The molecule has 0 aliphatic carbocycles. The molecule has 30 heavy (non-hydrogen) atoms. The van der Waals surface area contributed by atoms with Crippen molar-refractivity contribution in [2.45, 2.75) is 32.0 Å². The second kappa shape index (κ2) is 8.51. The van der Waals surface area contributed by atoms with Crippen LogP contribution < -0.4 is 0 Å². The number of carbonyl (C=O) groups is 1. The number of rotatable bonds is 7. The van der Waals surface area contributed by atoms with Gasteiger partial charge in [0, 0.05) is 29.2 Å². The number of Topliss-reactive ketones (excluding diaryl/α,β-unsaturated/α-hetero) is 1. The molecule has 0 unspecified atom stereocenters. The Labute approximate surface area is 178 Å². The predicted molar refractivity (Wildman–Crippen MR) is 116 cm³/mol. The molecule has 0 aliphatic heterocycles. The van der Waals surface area contributed by atoms with Crippen LogP contribution in [0.2, 0.25) is 0 Å². The summed E-state index contributed by atoms with van der Waals surface area (Å²) >= 11 is 1.32. The van der Waals surface area contributed by atoms with Gasteiger partial charge in [0.1, 0.15) is 0 Å². The van der Waals surface area contributed by atoms with Crippen LogP contribution in [0.4, 0.5) is 0 Å². The summed E-state index contributed by atoms with van der Waals surface area (Å²) in [5.74, 6) is 0.222. The molecule has 0 aliphatic rings. The highest BCUT2D eigenvalue weighted by Gasteiger charge is 2.18. The number of fused-ring (bicyclic) bond motifs is 1. The first-order chi connectivity index (χ1) is 14.6. The second-order valence-electron chi connectivity index (χ2n) is 6.97. The molecule has 8 heteroatoms. The van der Waals surface area contributed by atoms with Crippen molar-refractivity contribution in [3.8, 4) is 11.8 Å². The summed E-state index contributed by atoms with van der Waals surface area (Å²) in [6, 6.07) is 15.9. The summed E-state index contributed by atoms with van der Waals surface area (Å²) in [6.07, 6.45) is 2.24. The van der Waals surface area contributed by atoms with Crippen LogP contribution in [-0.4, -0.2) is 36.3 Å². The van der Waals surface area contributed by atoms with E-state index in [2.05, 4.69) is 21.6 Å². The van der Waals surface area contributed by atoms with Gasteiger partial charge in [0.2, 0.25) is 5.16 Å². The van der Waals surface area contributed by atoms with Crippen LogP contribution in [0.25, 0.3) is 16.6 Å². The van der Waals surface area contributed by atoms with Crippen LogP contribution in [-0.2, 0) is 6.54 Å². The monoisotopic (exact) mass is 416 g/mol. The lowest BCUT2D eigenvalue weighted by atomic mass is 10.1. The third kappa shape index (κ3) is 3.72. The van der Waals surface area contributed by atoms with Crippen molar-refractivity contribution in [1.29, 1.82) is 5.26 Å². The number of aromatic nitrogens is 5. The quantitative estimate of drug-likeness (QED) is 0.332. The molecule has 0 atom stereocenters. The minimum atomic E-state index is 0.00224. The first-order valence-corrected chi connectivity index (χ1v) is 10.5. The number of benzene rings is 2. The van der Waals surface area contributed by atoms with E-state index in [1.165, 1.54) is 11.8 Å². The molecule has 0 N–H and O–H groups in total. The summed E-state index contributed by atoms with van der Waals surface area (Å²) in [5.41, 5.74) is 4.77. The van der Waals surface area contributed by atoms with Crippen LogP contribution in [0, 0.1) is 25.2 Å². The molecule has 0 saturated carbocycles. The fourth-order valence-electron chi connectivity index (χ4n) is 3.42. The Morgan fingerprint density at radius 1 is 1.17 bits per heavy atom. The standard InChI is InChI=1S/C22H20N6OS/c1-15-7-5-10-19(16(15)2)28-22(24-25-26-28)30-14-21(29)18-13-27(12-6-11-23)20-9-4-3-8-17(18)20/h3-5,7-10,13H,6,12,14H2,1-2H3. The average Bonchev–Trinajstić information content (AvgIpc) is 3.37. The smallest absolute Gasteiger partial charge is 0.214 e. The van der Waals surface area contributed by atoms with Crippen molar-refractivity contribution in [2.24, 2.45) is 0 Å². The van der Waals surface area contributed by atoms with Gasteiger partial charge >= 0.3 is 0 Å². The number of hydrogen-bond acceptors (Lipinski definition) is 6. The molecule has 150 valence electrons. The zero-order valence-electron chi connectivity index (χ0n) is 16.7. The number of aryl methyl sites for hydroxylation is 2. The third-order valence-corrected chi connectivity index (χ3v) is 6.05. The normalized spacial score (nSPS) is 11.0. The van der Waals surface area contributed by atoms with Crippen LogP contribution in [0.3, 0.4) is 0 Å². The molecule has 0 spiro atoms. The van der Waals surface area contributed by atoms with Crippen LogP contribution >= 0.6 is 11.8 Å². The van der Waals surface area contributed by atoms with Gasteiger partial charge in [-0.1, -0.05) is 42.1 Å². The van der Waals surface area contributed by atoms with Crippen LogP contribution in [0.5, 0.6) is 0 Å². The number of ketones is 1. The SMILES string of the molecule is Cc1cccc(-n2nnnc2SCC(=O)c2cn(CCC#N)c3ccccc23)c1C. The van der Waals surface area contributed by atoms with E-state index in [1.54, 1.807) is 4.68 Å². The van der Waals surface area contributed by atoms with Crippen molar-refractivity contribution >= 4 is 28.4 Å². The lowest BCUT2D eigenvalue weighted by Crippen LogP contribution is -2.06. The van der Waals surface area contributed by atoms with E-state index in [4.69, 9.17) is 5.26 Å². The molecule has 0 fully saturated rings. The van der Waals surface area contributed by atoms with Gasteiger partial charge in [-0.15, -0.1) is 5.10 Å². The largest absolute Gasteiger partial charge is 0.346 e. The van der Waals surface area contributed by atoms with Gasteiger partial charge < -0.3 is 4.57 Å². The Kier molecular flexibility index (Phi) is 5.63. The van der Waals surface area contributed by atoms with Crippen molar-refractivity contribution in [3.63, 3.8) is 0 Å². The molecule has 0 radical (unpaired) electrons. The second-order valence-corrected chi connectivity index (χ2v) is 7.91. The van der Waals surface area contributed by atoms with E-state index in [-0.39, 0.29) is 11.5 Å². The lowest BCUT2D eigenvalue weighted by Gasteiger charge is -2.09. The minimum absolute atomic E-state index is 0.00224. The van der Waals surface area contributed by atoms with E-state index in [1.807, 2.05) is 67.1 Å². The van der Waals surface area contributed by atoms with Gasteiger partial charge in [0.15, 0.2) is 5.78 Å². The van der Waals surface area contributed by atoms with E-state index in [0.29, 0.717) is 23.7 Å². The van der Waals surface area contributed by atoms with E-state index < -0.39 is 0 Å². The lowest BCUT2D eigenvalue weighted by molar-refractivity contribution is 0.102. The average molecular weight is 417 g/mol. The summed E-state index contributed by atoms with van der Waals surface area (Å²) < 4.78 is 3.65. The van der Waals surface area contributed by atoms with Gasteiger partial charge in [-0.25, -0.2) is 0 Å². The maximum absolute atomic E-state index is 13.0. The van der Waals surface area contributed by atoms with Gasteiger partial charge in [-0.3, -0.25) is 4.79 Å². The Bertz CT molecular complexity index is 1270. The Balaban J connectivity index is 1.58. The van der Waals surface area contributed by atoms with Gasteiger partial charge in [-0.05, 0) is 47.5 Å². The first kappa shape index (κ1) is 19.9. The number of nitriles is 1. The maximum Gasteiger partial charge on any atom is 0.214 e. The molecule has 0 amide bonds. The molecule has 2 aromatic heterocycles. The highest BCUT2D eigenvalue weighted by molar-refractivity contribution is 7.99. The number of nitrogens with zero attached hydrogens (tertiary/aromatic N) is 6. The third-order valence-electron chi connectivity index (χ3n) is 5.13. The number of hydrogen-bond donors (Lipinski definition) is 0. The molecule has 2 heterocycles. The minimum Gasteiger partial charge on any atom is -0.346 e. The number of tetrazole rings is 1. The fraction of sp³-hybridized carbons (Fsp3) is 0.227. The molecule has 4 rings (SSSR count). The van der Waals surface area contributed by atoms with Crippen molar-refractivity contribution < 1.29 is 4.79 Å². The summed E-state index contributed by atoms with van der Waals surface area (Å²) in [6.45, 7) is 4.63. The van der Waals surface area contributed by atoms with E-state index in [0.717, 1.165) is 27.7 Å². The summed E-state index contributed by atoms with van der Waals surface area (Å²) in [4.78, 5) is 13.0. The van der Waals surface area contributed by atoms with Crippen molar-refractivity contribution in [2.75, 3.05) is 5.75 Å². The Hall–Kier alpha value is -3.44. The van der Waals surface area contributed by atoms with Crippen LogP contribution in [0.1, 0.15) is 27.9 Å².